The van der Waals surface area contributed by atoms with Gasteiger partial charge < -0.3 is 14.6 Å². The van der Waals surface area contributed by atoms with Gasteiger partial charge in [-0.2, -0.15) is 0 Å². The standard InChI is InChI=1S/C17H14BrN5O2/c18-11-5-6-14-12(9-11)17(24)21-15-4-1-3-13(20-15)16-22-19-10-23(16)7-2-8-25-14/h1,3-6,9-10H,2,7-8H2,(H,20,21,24). The number of fused-ring (bicyclic) bond motifs is 5. The molecule has 1 aliphatic heterocycles. The van der Waals surface area contributed by atoms with Crippen molar-refractivity contribution in [3.63, 3.8) is 0 Å². The van der Waals surface area contributed by atoms with Crippen LogP contribution in [0.4, 0.5) is 5.82 Å². The van der Waals surface area contributed by atoms with Crippen LogP contribution in [0.5, 0.6) is 5.75 Å². The molecule has 0 fully saturated rings. The van der Waals surface area contributed by atoms with Crippen molar-refractivity contribution >= 4 is 27.7 Å². The third-order valence-corrected chi connectivity index (χ3v) is 4.32. The molecule has 0 aliphatic carbocycles. The molecule has 7 nitrogen and oxygen atoms in total. The number of carbonyl (C=O) groups is 1. The lowest BCUT2D eigenvalue weighted by Gasteiger charge is -2.12. The van der Waals surface area contributed by atoms with Gasteiger partial charge in [-0.1, -0.05) is 22.0 Å². The van der Waals surface area contributed by atoms with Crippen LogP contribution in [0, 0.1) is 0 Å². The summed E-state index contributed by atoms with van der Waals surface area (Å²) < 4.78 is 8.56. The molecule has 25 heavy (non-hydrogen) atoms. The van der Waals surface area contributed by atoms with Crippen molar-refractivity contribution in [2.24, 2.45) is 0 Å². The second-order valence-corrected chi connectivity index (χ2v) is 6.47. The third kappa shape index (κ3) is 3.25. The van der Waals surface area contributed by atoms with Crippen LogP contribution in [0.3, 0.4) is 0 Å². The zero-order valence-corrected chi connectivity index (χ0v) is 14.7. The van der Waals surface area contributed by atoms with E-state index in [2.05, 4.69) is 36.4 Å². The smallest absolute Gasteiger partial charge is 0.260 e. The van der Waals surface area contributed by atoms with Crippen molar-refractivity contribution < 1.29 is 9.53 Å². The summed E-state index contributed by atoms with van der Waals surface area (Å²) in [5.41, 5.74) is 1.12. The summed E-state index contributed by atoms with van der Waals surface area (Å²) in [6.07, 6.45) is 2.43. The Morgan fingerprint density at radius 1 is 1.24 bits per heavy atom. The van der Waals surface area contributed by atoms with Crippen molar-refractivity contribution in [2.45, 2.75) is 13.0 Å². The van der Waals surface area contributed by atoms with Gasteiger partial charge in [0, 0.05) is 11.0 Å². The maximum absolute atomic E-state index is 12.7. The molecular formula is C17H14BrN5O2. The summed E-state index contributed by atoms with van der Waals surface area (Å²) in [4.78, 5) is 17.2. The van der Waals surface area contributed by atoms with Crippen LogP contribution in [-0.2, 0) is 6.54 Å². The van der Waals surface area contributed by atoms with Gasteiger partial charge in [0.05, 0.1) is 12.2 Å². The van der Waals surface area contributed by atoms with E-state index in [1.807, 2.05) is 22.8 Å². The summed E-state index contributed by atoms with van der Waals surface area (Å²) in [7, 11) is 0. The molecule has 2 bridgehead atoms. The van der Waals surface area contributed by atoms with E-state index in [0.29, 0.717) is 41.8 Å². The van der Waals surface area contributed by atoms with Gasteiger partial charge in [-0.3, -0.25) is 4.79 Å². The second kappa shape index (κ2) is 6.64. The Labute approximate surface area is 152 Å². The number of ether oxygens (including phenoxy) is 1. The average molecular weight is 400 g/mol. The van der Waals surface area contributed by atoms with E-state index in [1.165, 1.54) is 0 Å². The largest absolute Gasteiger partial charge is 0.493 e. The SMILES string of the molecule is O=C1Nc2cccc(n2)-c2nncn2CCCOc2ccc(Br)cc21. The molecular weight excluding hydrogens is 386 g/mol. The molecule has 0 saturated heterocycles. The van der Waals surface area contributed by atoms with Crippen LogP contribution in [0.15, 0.2) is 47.2 Å². The molecule has 0 saturated carbocycles. The van der Waals surface area contributed by atoms with Crippen LogP contribution < -0.4 is 10.1 Å². The Kier molecular flexibility index (Phi) is 4.19. The average Bonchev–Trinajstić information content (AvgIpc) is 3.08. The summed E-state index contributed by atoms with van der Waals surface area (Å²) >= 11 is 3.40. The Morgan fingerprint density at radius 2 is 2.16 bits per heavy atom. The molecule has 0 atom stereocenters. The molecule has 0 radical (unpaired) electrons. The second-order valence-electron chi connectivity index (χ2n) is 5.55. The number of halogens is 1. The minimum atomic E-state index is -0.276. The Morgan fingerprint density at radius 3 is 3.08 bits per heavy atom. The fourth-order valence-corrected chi connectivity index (χ4v) is 3.01. The first kappa shape index (κ1) is 15.8. The molecule has 1 aromatic carbocycles. The molecule has 1 aliphatic rings. The lowest BCUT2D eigenvalue weighted by Crippen LogP contribution is -2.15. The number of carbonyl (C=O) groups excluding carboxylic acids is 1. The minimum Gasteiger partial charge on any atom is -0.493 e. The molecule has 0 spiro atoms. The predicted octanol–water partition coefficient (Wildman–Crippen LogP) is 3.14. The quantitative estimate of drug-likeness (QED) is 0.627. The zero-order chi connectivity index (χ0) is 17.2. The predicted molar refractivity (Wildman–Crippen MR) is 95.5 cm³/mol. The number of nitrogens with one attached hydrogen (secondary N) is 1. The highest BCUT2D eigenvalue weighted by Gasteiger charge is 2.16. The minimum absolute atomic E-state index is 0.276. The first-order valence-corrected chi connectivity index (χ1v) is 8.59. The van der Waals surface area contributed by atoms with E-state index in [0.717, 1.165) is 10.9 Å². The highest BCUT2D eigenvalue weighted by molar-refractivity contribution is 9.10. The molecule has 4 rings (SSSR count). The first-order valence-electron chi connectivity index (χ1n) is 7.80. The van der Waals surface area contributed by atoms with Gasteiger partial charge in [0.1, 0.15) is 23.6 Å². The summed E-state index contributed by atoms with van der Waals surface area (Å²) in [6.45, 7) is 1.17. The van der Waals surface area contributed by atoms with Crippen LogP contribution in [-0.4, -0.2) is 32.3 Å². The zero-order valence-electron chi connectivity index (χ0n) is 13.1. The van der Waals surface area contributed by atoms with Crippen molar-refractivity contribution in [1.82, 2.24) is 19.7 Å². The molecule has 8 heteroatoms. The fourth-order valence-electron chi connectivity index (χ4n) is 2.65. The van der Waals surface area contributed by atoms with E-state index in [-0.39, 0.29) is 5.91 Å². The summed E-state index contributed by atoms with van der Waals surface area (Å²) in [5, 5.41) is 10.9. The Balaban J connectivity index is 1.77. The van der Waals surface area contributed by atoms with Crippen LogP contribution in [0.2, 0.25) is 0 Å². The number of rotatable bonds is 0. The number of hydrogen-bond donors (Lipinski definition) is 1. The topological polar surface area (TPSA) is 81.9 Å². The van der Waals surface area contributed by atoms with Gasteiger partial charge in [-0.05, 0) is 36.8 Å². The van der Waals surface area contributed by atoms with Crippen LogP contribution in [0.25, 0.3) is 11.5 Å². The van der Waals surface area contributed by atoms with Gasteiger partial charge in [-0.15, -0.1) is 10.2 Å². The maximum atomic E-state index is 12.7. The number of amides is 1. The highest BCUT2D eigenvalue weighted by Crippen LogP contribution is 2.25. The van der Waals surface area contributed by atoms with Crippen molar-refractivity contribution in [2.75, 3.05) is 11.9 Å². The lowest BCUT2D eigenvalue weighted by molar-refractivity contribution is 0.102. The first-order chi connectivity index (χ1) is 12.2. The highest BCUT2D eigenvalue weighted by atomic mass is 79.9. The van der Waals surface area contributed by atoms with Gasteiger partial charge in [0.25, 0.3) is 5.91 Å². The molecule has 1 N–H and O–H groups in total. The Hall–Kier alpha value is -2.74. The van der Waals surface area contributed by atoms with E-state index in [4.69, 9.17) is 4.74 Å². The summed E-state index contributed by atoms with van der Waals surface area (Å²) in [6, 6.07) is 10.8. The van der Waals surface area contributed by atoms with Gasteiger partial charge in [0.2, 0.25) is 0 Å². The third-order valence-electron chi connectivity index (χ3n) is 3.82. The Bertz CT molecular complexity index is 940. The number of pyridine rings is 1. The van der Waals surface area contributed by atoms with E-state index < -0.39 is 0 Å². The number of aryl methyl sites for hydroxylation is 1. The van der Waals surface area contributed by atoms with E-state index in [1.54, 1.807) is 24.5 Å². The summed E-state index contributed by atoms with van der Waals surface area (Å²) in [5.74, 6) is 1.37. The fraction of sp³-hybridized carbons (Fsp3) is 0.176. The number of anilines is 1. The molecule has 3 aromatic rings. The normalized spacial score (nSPS) is 14.0. The van der Waals surface area contributed by atoms with Crippen molar-refractivity contribution in [1.29, 1.82) is 0 Å². The number of aromatic nitrogens is 4. The molecule has 2 aromatic heterocycles. The number of hydrogen-bond acceptors (Lipinski definition) is 5. The number of nitrogens with zero attached hydrogens (tertiary/aromatic N) is 4. The maximum Gasteiger partial charge on any atom is 0.260 e. The van der Waals surface area contributed by atoms with Crippen molar-refractivity contribution in [3.8, 4) is 17.3 Å². The molecule has 3 heterocycles. The monoisotopic (exact) mass is 399 g/mol. The van der Waals surface area contributed by atoms with Crippen LogP contribution in [0.1, 0.15) is 16.8 Å². The number of benzene rings is 1. The van der Waals surface area contributed by atoms with E-state index >= 15 is 0 Å². The molecule has 126 valence electrons. The van der Waals surface area contributed by atoms with E-state index in [9.17, 15) is 4.79 Å². The van der Waals surface area contributed by atoms with Gasteiger partial charge >= 0.3 is 0 Å². The van der Waals surface area contributed by atoms with Gasteiger partial charge in [0.15, 0.2) is 5.82 Å². The molecule has 1 amide bonds. The van der Waals surface area contributed by atoms with Gasteiger partial charge in [-0.25, -0.2) is 4.98 Å². The lowest BCUT2D eigenvalue weighted by atomic mass is 10.2. The van der Waals surface area contributed by atoms with Crippen LogP contribution >= 0.6 is 15.9 Å². The molecule has 0 unspecified atom stereocenters. The van der Waals surface area contributed by atoms with Crippen molar-refractivity contribution in [3.05, 3.63) is 52.8 Å².